The van der Waals surface area contributed by atoms with Crippen molar-refractivity contribution in [2.24, 2.45) is 0 Å². The molecule has 0 bridgehead atoms. The number of hydrogen-bond donors (Lipinski definition) is 0. The van der Waals surface area contributed by atoms with Gasteiger partial charge in [0.05, 0.1) is 8.07 Å². The third-order valence-corrected chi connectivity index (χ3v) is 8.67. The van der Waals surface area contributed by atoms with Crippen LogP contribution in [0.3, 0.4) is 0 Å². The Bertz CT molecular complexity index is 267. The van der Waals surface area contributed by atoms with Crippen LogP contribution in [0.15, 0.2) is 24.3 Å². The van der Waals surface area contributed by atoms with Crippen LogP contribution in [0.5, 0.6) is 0 Å². The maximum atomic E-state index is 3.38. The molecule has 0 spiro atoms. The van der Waals surface area contributed by atoms with Crippen molar-refractivity contribution in [1.82, 2.24) is 0 Å². The van der Waals surface area contributed by atoms with Crippen molar-refractivity contribution in [2.75, 3.05) is 0 Å². The summed E-state index contributed by atoms with van der Waals surface area (Å²) in [5.41, 5.74) is 0. The zero-order valence-electron chi connectivity index (χ0n) is 9.31. The van der Waals surface area contributed by atoms with Gasteiger partial charge in [-0.3, -0.25) is 0 Å². The highest BCUT2D eigenvalue weighted by atomic mass is 28.3. The van der Waals surface area contributed by atoms with E-state index in [1.54, 1.807) is 0 Å². The molecule has 0 aliphatic heterocycles. The van der Waals surface area contributed by atoms with E-state index in [0.29, 0.717) is 5.04 Å². The largest absolute Gasteiger partial charge is 0.0867 e. The Morgan fingerprint density at radius 1 is 1.15 bits per heavy atom. The van der Waals surface area contributed by atoms with Crippen LogP contribution in [0.1, 0.15) is 20.8 Å². The van der Waals surface area contributed by atoms with Crippen molar-refractivity contribution in [3.63, 3.8) is 0 Å². The normalized spacial score (nSPS) is 13.0. The first-order valence-electron chi connectivity index (χ1n) is 4.83. The first-order chi connectivity index (χ1) is 5.86. The standard InChI is InChI=1S/C12H19Si/c1-12(2,3)13(4,5)11-9-7-6-8-10-11/h6-9H,1-5H3. The van der Waals surface area contributed by atoms with Gasteiger partial charge in [0.1, 0.15) is 0 Å². The van der Waals surface area contributed by atoms with E-state index < -0.39 is 8.07 Å². The lowest BCUT2D eigenvalue weighted by atomic mass is 10.2. The predicted octanol–water partition coefficient (Wildman–Crippen LogP) is 3.20. The van der Waals surface area contributed by atoms with Crippen molar-refractivity contribution < 1.29 is 0 Å². The predicted molar refractivity (Wildman–Crippen MR) is 62.1 cm³/mol. The van der Waals surface area contributed by atoms with Gasteiger partial charge in [-0.05, 0) is 11.1 Å². The van der Waals surface area contributed by atoms with Crippen molar-refractivity contribution in [1.29, 1.82) is 0 Å². The van der Waals surface area contributed by atoms with Crippen LogP contribution in [0.2, 0.25) is 18.1 Å². The Balaban J connectivity index is 3.08. The Labute approximate surface area is 83.0 Å². The van der Waals surface area contributed by atoms with E-state index in [9.17, 15) is 0 Å². The molecule has 0 nitrogen and oxygen atoms in total. The average molecular weight is 191 g/mol. The Morgan fingerprint density at radius 3 is 2.15 bits per heavy atom. The van der Waals surface area contributed by atoms with Gasteiger partial charge in [-0.1, -0.05) is 63.3 Å². The molecule has 1 rings (SSSR count). The van der Waals surface area contributed by atoms with Gasteiger partial charge in [0.2, 0.25) is 0 Å². The first kappa shape index (κ1) is 10.5. The maximum absolute atomic E-state index is 3.38. The van der Waals surface area contributed by atoms with E-state index in [-0.39, 0.29) is 0 Å². The quantitative estimate of drug-likeness (QED) is 0.598. The number of hydrogen-bond acceptors (Lipinski definition) is 0. The molecule has 13 heavy (non-hydrogen) atoms. The van der Waals surface area contributed by atoms with Crippen molar-refractivity contribution in [2.45, 2.75) is 38.9 Å². The molecule has 0 aromatic heterocycles. The van der Waals surface area contributed by atoms with E-state index in [1.807, 2.05) is 12.1 Å². The summed E-state index contributed by atoms with van der Waals surface area (Å²) in [6, 6.07) is 11.8. The minimum Gasteiger partial charge on any atom is -0.0650 e. The van der Waals surface area contributed by atoms with Gasteiger partial charge in [0.25, 0.3) is 0 Å². The van der Waals surface area contributed by atoms with E-state index in [1.165, 1.54) is 5.19 Å². The highest BCUT2D eigenvalue weighted by Gasteiger charge is 2.36. The van der Waals surface area contributed by atoms with Gasteiger partial charge in [0, 0.05) is 0 Å². The molecule has 0 N–H and O–H groups in total. The zero-order valence-corrected chi connectivity index (χ0v) is 10.3. The van der Waals surface area contributed by atoms with Gasteiger partial charge < -0.3 is 0 Å². The van der Waals surface area contributed by atoms with Crippen LogP contribution in [0.4, 0.5) is 0 Å². The van der Waals surface area contributed by atoms with Crippen molar-refractivity contribution in [3.8, 4) is 0 Å². The molecule has 0 saturated carbocycles. The van der Waals surface area contributed by atoms with Gasteiger partial charge in [0.15, 0.2) is 0 Å². The van der Waals surface area contributed by atoms with E-state index in [2.05, 4.69) is 52.1 Å². The molecule has 0 amide bonds. The molecule has 0 heterocycles. The molecule has 1 aromatic rings. The highest BCUT2D eigenvalue weighted by molar-refractivity contribution is 6.92. The minimum absolute atomic E-state index is 0.408. The Hall–Kier alpha value is -0.563. The third-order valence-electron chi connectivity index (χ3n) is 3.26. The molecule has 0 aliphatic carbocycles. The number of rotatable bonds is 1. The Morgan fingerprint density at radius 2 is 1.77 bits per heavy atom. The fraction of sp³-hybridized carbons (Fsp3) is 0.500. The SMILES string of the molecule is CC(C)(C)[Si](C)(C)c1[c]cccc1. The summed E-state index contributed by atoms with van der Waals surface area (Å²) in [6.07, 6.45) is 0. The van der Waals surface area contributed by atoms with E-state index >= 15 is 0 Å². The lowest BCUT2D eigenvalue weighted by molar-refractivity contribution is 0.729. The van der Waals surface area contributed by atoms with Crippen LogP contribution >= 0.6 is 0 Å². The molecule has 0 saturated heterocycles. The monoisotopic (exact) mass is 191 g/mol. The maximum Gasteiger partial charge on any atom is 0.0867 e. The lowest BCUT2D eigenvalue weighted by Crippen LogP contribution is -2.49. The summed E-state index contributed by atoms with van der Waals surface area (Å²) in [6.45, 7) is 11.8. The first-order valence-corrected chi connectivity index (χ1v) is 7.83. The molecule has 0 atom stereocenters. The molecule has 0 fully saturated rings. The van der Waals surface area contributed by atoms with Crippen LogP contribution < -0.4 is 5.19 Å². The summed E-state index contributed by atoms with van der Waals surface area (Å²) in [4.78, 5) is 0. The fourth-order valence-corrected chi connectivity index (χ4v) is 2.95. The van der Waals surface area contributed by atoms with Crippen molar-refractivity contribution in [3.05, 3.63) is 30.3 Å². The van der Waals surface area contributed by atoms with Crippen LogP contribution in [-0.2, 0) is 0 Å². The van der Waals surface area contributed by atoms with Crippen molar-refractivity contribution >= 4 is 13.3 Å². The van der Waals surface area contributed by atoms with Gasteiger partial charge >= 0.3 is 0 Å². The molecule has 0 aliphatic rings. The molecule has 71 valence electrons. The minimum atomic E-state index is -1.34. The smallest absolute Gasteiger partial charge is 0.0650 e. The van der Waals surface area contributed by atoms with Gasteiger partial charge in [-0.25, -0.2) is 0 Å². The van der Waals surface area contributed by atoms with E-state index in [0.717, 1.165) is 0 Å². The lowest BCUT2D eigenvalue weighted by Gasteiger charge is -2.37. The second-order valence-electron chi connectivity index (χ2n) is 5.15. The second kappa shape index (κ2) is 3.30. The molecule has 1 heteroatoms. The van der Waals surface area contributed by atoms with Gasteiger partial charge in [-0.15, -0.1) is 0 Å². The van der Waals surface area contributed by atoms with Crippen LogP contribution in [0.25, 0.3) is 0 Å². The summed E-state index contributed by atoms with van der Waals surface area (Å²) >= 11 is 0. The Kier molecular flexibility index (Phi) is 2.67. The summed E-state index contributed by atoms with van der Waals surface area (Å²) < 4.78 is 0. The molecule has 0 unspecified atom stereocenters. The third kappa shape index (κ3) is 2.02. The highest BCUT2D eigenvalue weighted by Crippen LogP contribution is 2.35. The summed E-state index contributed by atoms with van der Waals surface area (Å²) in [7, 11) is -1.34. The topological polar surface area (TPSA) is 0 Å². The second-order valence-corrected chi connectivity index (χ2v) is 10.4. The average Bonchev–Trinajstić information content (AvgIpc) is 2.04. The van der Waals surface area contributed by atoms with E-state index in [4.69, 9.17) is 0 Å². The molecule has 1 aromatic carbocycles. The number of benzene rings is 1. The van der Waals surface area contributed by atoms with Gasteiger partial charge in [-0.2, -0.15) is 0 Å². The van der Waals surface area contributed by atoms with Crippen LogP contribution in [0, 0.1) is 6.07 Å². The fourth-order valence-electron chi connectivity index (χ4n) is 1.19. The van der Waals surface area contributed by atoms with Crippen LogP contribution in [-0.4, -0.2) is 8.07 Å². The molecule has 1 radical (unpaired) electrons. The zero-order chi connectivity index (χ0) is 10.1. The molecular weight excluding hydrogens is 172 g/mol. The summed E-state index contributed by atoms with van der Waals surface area (Å²) in [5, 5.41) is 1.84. The molecular formula is C12H19Si. The summed E-state index contributed by atoms with van der Waals surface area (Å²) in [5.74, 6) is 0.